The summed E-state index contributed by atoms with van der Waals surface area (Å²) in [6, 6.07) is 7.75. The highest BCUT2D eigenvalue weighted by molar-refractivity contribution is 8.00. The SMILES string of the molecule is CC(C)Sc1ccccc1C(=O)N1CCN(C=O)CC1. The fourth-order valence-corrected chi connectivity index (χ4v) is 3.15. The van der Waals surface area contributed by atoms with E-state index in [4.69, 9.17) is 0 Å². The van der Waals surface area contributed by atoms with E-state index in [1.54, 1.807) is 16.7 Å². The number of rotatable bonds is 4. The predicted octanol–water partition coefficient (Wildman–Crippen LogP) is 2.10. The van der Waals surface area contributed by atoms with Gasteiger partial charge in [-0.1, -0.05) is 26.0 Å². The van der Waals surface area contributed by atoms with Gasteiger partial charge < -0.3 is 9.80 Å². The summed E-state index contributed by atoms with van der Waals surface area (Å²) in [5.74, 6) is 0.0688. The van der Waals surface area contributed by atoms with E-state index in [2.05, 4.69) is 13.8 Å². The summed E-state index contributed by atoms with van der Waals surface area (Å²) in [4.78, 5) is 27.9. The van der Waals surface area contributed by atoms with Gasteiger partial charge in [-0.3, -0.25) is 9.59 Å². The highest BCUT2D eigenvalue weighted by Crippen LogP contribution is 2.27. The van der Waals surface area contributed by atoms with Crippen LogP contribution < -0.4 is 0 Å². The van der Waals surface area contributed by atoms with Crippen molar-refractivity contribution in [3.63, 3.8) is 0 Å². The molecule has 1 fully saturated rings. The molecule has 1 heterocycles. The van der Waals surface area contributed by atoms with E-state index in [9.17, 15) is 9.59 Å². The van der Waals surface area contributed by atoms with E-state index >= 15 is 0 Å². The average molecular weight is 292 g/mol. The molecule has 2 amide bonds. The highest BCUT2D eigenvalue weighted by atomic mass is 32.2. The minimum atomic E-state index is 0.0688. The molecule has 0 unspecified atom stereocenters. The van der Waals surface area contributed by atoms with Crippen LogP contribution in [0.4, 0.5) is 0 Å². The second-order valence-corrected chi connectivity index (χ2v) is 6.71. The fourth-order valence-electron chi connectivity index (χ4n) is 2.20. The number of piperazine rings is 1. The highest BCUT2D eigenvalue weighted by Gasteiger charge is 2.23. The lowest BCUT2D eigenvalue weighted by atomic mass is 10.2. The maximum absolute atomic E-state index is 12.6. The van der Waals surface area contributed by atoms with Crippen molar-refractivity contribution >= 4 is 24.1 Å². The van der Waals surface area contributed by atoms with Gasteiger partial charge in [0.15, 0.2) is 0 Å². The van der Waals surface area contributed by atoms with Crippen LogP contribution in [0.2, 0.25) is 0 Å². The van der Waals surface area contributed by atoms with Crippen LogP contribution in [0, 0.1) is 0 Å². The summed E-state index contributed by atoms with van der Waals surface area (Å²) in [5, 5.41) is 0.441. The quantitative estimate of drug-likeness (QED) is 0.630. The number of carbonyl (C=O) groups is 2. The summed E-state index contributed by atoms with van der Waals surface area (Å²) < 4.78 is 0. The lowest BCUT2D eigenvalue weighted by molar-refractivity contribution is -0.119. The summed E-state index contributed by atoms with van der Waals surface area (Å²) in [6.07, 6.45) is 0.852. The number of nitrogens with zero attached hydrogens (tertiary/aromatic N) is 2. The van der Waals surface area contributed by atoms with Gasteiger partial charge in [0.25, 0.3) is 5.91 Å². The Hall–Kier alpha value is -1.49. The maximum atomic E-state index is 12.6. The Labute approximate surface area is 124 Å². The van der Waals surface area contributed by atoms with Crippen LogP contribution in [0.15, 0.2) is 29.2 Å². The first-order valence-electron chi connectivity index (χ1n) is 6.86. The first-order chi connectivity index (χ1) is 9.61. The van der Waals surface area contributed by atoms with E-state index in [0.29, 0.717) is 31.4 Å². The van der Waals surface area contributed by atoms with Crippen molar-refractivity contribution in [1.29, 1.82) is 0 Å². The predicted molar refractivity (Wildman–Crippen MR) is 81.0 cm³/mol. The van der Waals surface area contributed by atoms with Gasteiger partial charge >= 0.3 is 0 Å². The van der Waals surface area contributed by atoms with Crippen LogP contribution in [-0.4, -0.2) is 53.5 Å². The zero-order chi connectivity index (χ0) is 14.5. The van der Waals surface area contributed by atoms with Crippen LogP contribution in [0.5, 0.6) is 0 Å². The van der Waals surface area contributed by atoms with Gasteiger partial charge in [-0.25, -0.2) is 0 Å². The zero-order valence-corrected chi connectivity index (χ0v) is 12.7. The summed E-state index contributed by atoms with van der Waals surface area (Å²) in [5.41, 5.74) is 0.769. The van der Waals surface area contributed by atoms with Gasteiger partial charge in [0, 0.05) is 36.3 Å². The van der Waals surface area contributed by atoms with Crippen LogP contribution in [-0.2, 0) is 4.79 Å². The third kappa shape index (κ3) is 3.54. The van der Waals surface area contributed by atoms with Crippen LogP contribution >= 0.6 is 11.8 Å². The van der Waals surface area contributed by atoms with Crippen molar-refractivity contribution in [1.82, 2.24) is 9.80 Å². The molecule has 0 aliphatic carbocycles. The van der Waals surface area contributed by atoms with Crippen molar-refractivity contribution < 1.29 is 9.59 Å². The van der Waals surface area contributed by atoms with Crippen LogP contribution in [0.3, 0.4) is 0 Å². The maximum Gasteiger partial charge on any atom is 0.255 e. The number of amides is 2. The number of thioether (sulfide) groups is 1. The topological polar surface area (TPSA) is 40.6 Å². The van der Waals surface area contributed by atoms with Gasteiger partial charge in [-0.2, -0.15) is 0 Å². The summed E-state index contributed by atoms with van der Waals surface area (Å²) in [6.45, 7) is 6.70. The Morgan fingerprint density at radius 1 is 1.20 bits per heavy atom. The summed E-state index contributed by atoms with van der Waals surface area (Å²) >= 11 is 1.71. The van der Waals surface area contributed by atoms with Crippen molar-refractivity contribution in [3.8, 4) is 0 Å². The molecular formula is C15H20N2O2S. The van der Waals surface area contributed by atoms with E-state index in [1.165, 1.54) is 0 Å². The largest absolute Gasteiger partial charge is 0.342 e. The van der Waals surface area contributed by atoms with Gasteiger partial charge in [0.05, 0.1) is 5.56 Å². The van der Waals surface area contributed by atoms with Crippen LogP contribution in [0.25, 0.3) is 0 Å². The molecule has 108 valence electrons. The van der Waals surface area contributed by atoms with Crippen molar-refractivity contribution in [2.45, 2.75) is 24.0 Å². The molecule has 0 N–H and O–H groups in total. The standard InChI is InChI=1S/C15H20N2O2S/c1-12(2)20-14-6-4-3-5-13(14)15(19)17-9-7-16(11-18)8-10-17/h3-6,11-12H,7-10H2,1-2H3. The molecule has 2 rings (SSSR count). The van der Waals surface area contributed by atoms with Gasteiger partial charge in [0.1, 0.15) is 0 Å². The third-order valence-electron chi connectivity index (χ3n) is 3.23. The molecule has 0 atom stereocenters. The molecular weight excluding hydrogens is 272 g/mol. The number of carbonyl (C=O) groups excluding carboxylic acids is 2. The molecule has 0 saturated carbocycles. The van der Waals surface area contributed by atoms with E-state index in [0.717, 1.165) is 16.9 Å². The van der Waals surface area contributed by atoms with Crippen molar-refractivity contribution in [2.24, 2.45) is 0 Å². The molecule has 0 spiro atoms. The lowest BCUT2D eigenvalue weighted by Gasteiger charge is -2.33. The Balaban J connectivity index is 2.11. The Kier molecular flexibility index (Phi) is 5.06. The van der Waals surface area contributed by atoms with E-state index in [1.807, 2.05) is 29.2 Å². The van der Waals surface area contributed by atoms with Gasteiger partial charge in [-0.05, 0) is 12.1 Å². The summed E-state index contributed by atoms with van der Waals surface area (Å²) in [7, 11) is 0. The molecule has 0 radical (unpaired) electrons. The lowest BCUT2D eigenvalue weighted by Crippen LogP contribution is -2.48. The number of benzene rings is 1. The molecule has 1 aromatic rings. The third-order valence-corrected chi connectivity index (χ3v) is 4.31. The molecule has 1 aromatic carbocycles. The van der Waals surface area contributed by atoms with E-state index < -0.39 is 0 Å². The molecule has 0 bridgehead atoms. The molecule has 20 heavy (non-hydrogen) atoms. The Bertz CT molecular complexity index is 483. The Morgan fingerprint density at radius 3 is 2.45 bits per heavy atom. The van der Waals surface area contributed by atoms with Gasteiger partial charge in [-0.15, -0.1) is 11.8 Å². The molecule has 5 heteroatoms. The molecule has 1 aliphatic rings. The first-order valence-corrected chi connectivity index (χ1v) is 7.74. The zero-order valence-electron chi connectivity index (χ0n) is 11.9. The molecule has 4 nitrogen and oxygen atoms in total. The molecule has 0 aromatic heterocycles. The van der Waals surface area contributed by atoms with E-state index in [-0.39, 0.29) is 5.91 Å². The van der Waals surface area contributed by atoms with Crippen molar-refractivity contribution in [3.05, 3.63) is 29.8 Å². The van der Waals surface area contributed by atoms with Gasteiger partial charge in [0.2, 0.25) is 6.41 Å². The number of hydrogen-bond acceptors (Lipinski definition) is 3. The Morgan fingerprint density at radius 2 is 1.85 bits per heavy atom. The smallest absolute Gasteiger partial charge is 0.255 e. The average Bonchev–Trinajstić information content (AvgIpc) is 2.46. The van der Waals surface area contributed by atoms with Crippen LogP contribution in [0.1, 0.15) is 24.2 Å². The first kappa shape index (κ1) is 14.9. The minimum Gasteiger partial charge on any atom is -0.342 e. The molecule has 1 saturated heterocycles. The second kappa shape index (κ2) is 6.79. The van der Waals surface area contributed by atoms with Crippen molar-refractivity contribution in [2.75, 3.05) is 26.2 Å². The fraction of sp³-hybridized carbons (Fsp3) is 0.467. The normalized spacial score (nSPS) is 15.6. The second-order valence-electron chi connectivity index (χ2n) is 5.10. The monoisotopic (exact) mass is 292 g/mol. The minimum absolute atomic E-state index is 0.0688. The number of hydrogen-bond donors (Lipinski definition) is 0. The molecule has 1 aliphatic heterocycles.